The van der Waals surface area contributed by atoms with Gasteiger partial charge < -0.3 is 20.1 Å². The van der Waals surface area contributed by atoms with Crippen LogP contribution in [0.1, 0.15) is 52.9 Å². The molecule has 4 aliphatic rings. The molecule has 1 aliphatic heterocycles. The van der Waals surface area contributed by atoms with Crippen molar-refractivity contribution in [3.63, 3.8) is 0 Å². The molecule has 0 spiro atoms. The molecule has 5 nitrogen and oxygen atoms in total. The van der Waals surface area contributed by atoms with Crippen molar-refractivity contribution in [2.24, 2.45) is 34.5 Å². The summed E-state index contributed by atoms with van der Waals surface area (Å²) in [5.41, 5.74) is 0.345. The molecule has 5 heteroatoms. The van der Waals surface area contributed by atoms with E-state index < -0.39 is 17.9 Å². The molecule has 25 heavy (non-hydrogen) atoms. The zero-order chi connectivity index (χ0) is 18.2. The Hall–Kier alpha value is -0.910. The highest BCUT2D eigenvalue weighted by molar-refractivity contribution is 5.86. The van der Waals surface area contributed by atoms with Gasteiger partial charge in [0, 0.05) is 24.7 Å². The van der Waals surface area contributed by atoms with Crippen molar-refractivity contribution < 1.29 is 24.9 Å². The second-order valence-corrected chi connectivity index (χ2v) is 9.51. The van der Waals surface area contributed by atoms with Gasteiger partial charge in [0.15, 0.2) is 0 Å². The van der Waals surface area contributed by atoms with Crippen molar-refractivity contribution in [3.05, 3.63) is 11.6 Å². The zero-order valence-corrected chi connectivity index (χ0v) is 15.4. The molecule has 0 amide bonds. The van der Waals surface area contributed by atoms with E-state index >= 15 is 0 Å². The second-order valence-electron chi connectivity index (χ2n) is 9.51. The first-order chi connectivity index (χ1) is 11.6. The lowest BCUT2D eigenvalue weighted by Gasteiger charge is -2.64. The summed E-state index contributed by atoms with van der Waals surface area (Å²) in [5, 5.41) is 32.1. The molecule has 0 aromatic carbocycles. The molecule has 140 valence electrons. The number of aliphatic hydroxyl groups is 3. The van der Waals surface area contributed by atoms with Gasteiger partial charge >= 0.3 is 5.97 Å². The summed E-state index contributed by atoms with van der Waals surface area (Å²) in [7, 11) is 0. The standard InChI is InChI=1S/C20H30O5/c1-11-12-7-16(23)25-20(12,24)9-13-17(11)14(22)8-15-18(2,10-21)5-4-6-19(13,15)3/h7,11,13-15,17,21-22,24H,4-6,8-10H2,1-3H3/t11-,13-,14-,15-,17-,18+,19-,20-/m1/s1. The Bertz CT molecular complexity index is 630. The van der Waals surface area contributed by atoms with E-state index in [0.717, 1.165) is 19.3 Å². The van der Waals surface area contributed by atoms with E-state index in [4.69, 9.17) is 4.74 Å². The van der Waals surface area contributed by atoms with Gasteiger partial charge in [-0.2, -0.15) is 0 Å². The van der Waals surface area contributed by atoms with Gasteiger partial charge in [-0.25, -0.2) is 4.79 Å². The molecule has 8 atom stereocenters. The first-order valence-electron chi connectivity index (χ1n) is 9.61. The lowest BCUT2D eigenvalue weighted by atomic mass is 9.42. The summed E-state index contributed by atoms with van der Waals surface area (Å²) >= 11 is 0. The fourth-order valence-electron chi connectivity index (χ4n) is 7.01. The van der Waals surface area contributed by atoms with E-state index in [9.17, 15) is 20.1 Å². The summed E-state index contributed by atoms with van der Waals surface area (Å²) in [4.78, 5) is 11.8. The highest BCUT2D eigenvalue weighted by atomic mass is 16.7. The van der Waals surface area contributed by atoms with Crippen LogP contribution in [0.3, 0.4) is 0 Å². The van der Waals surface area contributed by atoms with E-state index in [0.29, 0.717) is 18.4 Å². The lowest BCUT2D eigenvalue weighted by molar-refractivity contribution is -0.237. The number of hydrogen-bond donors (Lipinski definition) is 3. The van der Waals surface area contributed by atoms with Crippen molar-refractivity contribution in [2.75, 3.05) is 6.61 Å². The lowest BCUT2D eigenvalue weighted by Crippen LogP contribution is -2.62. The minimum Gasteiger partial charge on any atom is -0.426 e. The molecule has 3 saturated carbocycles. The number of rotatable bonds is 1. The van der Waals surface area contributed by atoms with E-state index in [1.807, 2.05) is 6.92 Å². The van der Waals surface area contributed by atoms with E-state index in [-0.39, 0.29) is 41.1 Å². The number of carbonyl (C=O) groups excluding carboxylic acids is 1. The highest BCUT2D eigenvalue weighted by Crippen LogP contribution is 2.66. The van der Waals surface area contributed by atoms with Crippen molar-refractivity contribution in [1.29, 1.82) is 0 Å². The summed E-state index contributed by atoms with van der Waals surface area (Å²) < 4.78 is 5.30. The fraction of sp³-hybridized carbons (Fsp3) is 0.850. The van der Waals surface area contributed by atoms with Gasteiger partial charge in [-0.3, -0.25) is 0 Å². The van der Waals surface area contributed by atoms with Crippen LogP contribution in [0.2, 0.25) is 0 Å². The van der Waals surface area contributed by atoms with Crippen molar-refractivity contribution in [1.82, 2.24) is 0 Å². The smallest absolute Gasteiger partial charge is 0.333 e. The average molecular weight is 350 g/mol. The average Bonchev–Trinajstić information content (AvgIpc) is 2.85. The van der Waals surface area contributed by atoms with Gasteiger partial charge in [-0.05, 0) is 53.8 Å². The molecule has 0 radical (unpaired) electrons. The van der Waals surface area contributed by atoms with Crippen LogP contribution in [0.25, 0.3) is 0 Å². The van der Waals surface area contributed by atoms with Gasteiger partial charge in [-0.1, -0.05) is 27.2 Å². The van der Waals surface area contributed by atoms with E-state index in [2.05, 4.69) is 13.8 Å². The minimum atomic E-state index is -1.52. The third-order valence-electron chi connectivity index (χ3n) is 8.25. The Labute approximate surface area is 149 Å². The molecule has 3 N–H and O–H groups in total. The van der Waals surface area contributed by atoms with Crippen molar-refractivity contribution in [2.45, 2.75) is 64.8 Å². The molecule has 0 saturated heterocycles. The number of esters is 1. The number of hydrogen-bond acceptors (Lipinski definition) is 5. The Balaban J connectivity index is 1.78. The van der Waals surface area contributed by atoms with Crippen LogP contribution < -0.4 is 0 Å². The summed E-state index contributed by atoms with van der Waals surface area (Å²) in [5.74, 6) is -1.81. The van der Waals surface area contributed by atoms with Crippen molar-refractivity contribution >= 4 is 5.97 Å². The van der Waals surface area contributed by atoms with E-state index in [1.165, 1.54) is 6.08 Å². The van der Waals surface area contributed by atoms with Crippen LogP contribution in [-0.2, 0) is 9.53 Å². The first kappa shape index (κ1) is 17.5. The molecule has 0 bridgehead atoms. The summed E-state index contributed by atoms with van der Waals surface area (Å²) in [6.07, 6.45) is 5.00. The quantitative estimate of drug-likeness (QED) is 0.630. The maximum absolute atomic E-state index is 11.8. The Morgan fingerprint density at radius 1 is 1.32 bits per heavy atom. The van der Waals surface area contributed by atoms with Gasteiger partial charge in [0.25, 0.3) is 0 Å². The molecule has 0 unspecified atom stereocenters. The third-order valence-corrected chi connectivity index (χ3v) is 8.25. The molecule has 1 heterocycles. The normalized spacial score (nSPS) is 54.9. The maximum atomic E-state index is 11.8. The van der Waals surface area contributed by atoms with Crippen molar-refractivity contribution in [3.8, 4) is 0 Å². The highest BCUT2D eigenvalue weighted by Gasteiger charge is 2.65. The second kappa shape index (κ2) is 5.30. The third kappa shape index (κ3) is 2.22. The molecule has 4 rings (SSSR count). The topological polar surface area (TPSA) is 87.0 Å². The minimum absolute atomic E-state index is 0.0170. The van der Waals surface area contributed by atoms with Crippen LogP contribution in [0.5, 0.6) is 0 Å². The van der Waals surface area contributed by atoms with Crippen LogP contribution in [-0.4, -0.2) is 39.8 Å². The van der Waals surface area contributed by atoms with Gasteiger partial charge in [-0.15, -0.1) is 0 Å². The Morgan fingerprint density at radius 2 is 2.04 bits per heavy atom. The molecule has 0 aromatic rings. The predicted molar refractivity (Wildman–Crippen MR) is 91.2 cm³/mol. The molecular weight excluding hydrogens is 320 g/mol. The van der Waals surface area contributed by atoms with Crippen LogP contribution in [0.15, 0.2) is 11.6 Å². The fourth-order valence-corrected chi connectivity index (χ4v) is 7.01. The van der Waals surface area contributed by atoms with Gasteiger partial charge in [0.1, 0.15) is 0 Å². The van der Waals surface area contributed by atoms with Gasteiger partial charge in [0.2, 0.25) is 5.79 Å². The molecule has 3 fully saturated rings. The Morgan fingerprint density at radius 3 is 2.72 bits per heavy atom. The summed E-state index contributed by atoms with van der Waals surface area (Å²) in [6.45, 7) is 6.51. The number of carbonyl (C=O) groups is 1. The van der Waals surface area contributed by atoms with Crippen LogP contribution in [0.4, 0.5) is 0 Å². The number of ether oxygens (including phenoxy) is 1. The number of aliphatic hydroxyl groups excluding tert-OH is 2. The monoisotopic (exact) mass is 350 g/mol. The number of fused-ring (bicyclic) bond motifs is 4. The van der Waals surface area contributed by atoms with E-state index in [1.54, 1.807) is 0 Å². The van der Waals surface area contributed by atoms with Gasteiger partial charge in [0.05, 0.1) is 6.10 Å². The Kier molecular flexibility index (Phi) is 3.71. The van der Waals surface area contributed by atoms with Crippen LogP contribution in [0, 0.1) is 34.5 Å². The maximum Gasteiger partial charge on any atom is 0.333 e. The molecular formula is C20H30O5. The predicted octanol–water partition coefficient (Wildman–Crippen LogP) is 2.00. The molecule has 3 aliphatic carbocycles. The largest absolute Gasteiger partial charge is 0.426 e. The molecule has 0 aromatic heterocycles. The first-order valence-corrected chi connectivity index (χ1v) is 9.61. The summed E-state index contributed by atoms with van der Waals surface area (Å²) in [6, 6.07) is 0. The SMILES string of the molecule is C[C@@H]1C2=CC(=O)O[C@]2(O)C[C@@H]2[C@@H]1[C@H](O)C[C@@H]1[C@](C)(CO)CCC[C@]21C. The van der Waals surface area contributed by atoms with Crippen LogP contribution >= 0.6 is 0 Å². The zero-order valence-electron chi connectivity index (χ0n) is 15.4.